The number of carbonyl (C=O) groups excluding carboxylic acids is 3. The van der Waals surface area contributed by atoms with Gasteiger partial charge >= 0.3 is 5.97 Å². The Morgan fingerprint density at radius 2 is 1.94 bits per heavy atom. The zero-order valence-corrected chi connectivity index (χ0v) is 18.7. The number of Topliss-reactive ketones (excluding diaryl/α,β-unsaturated/α-hetero) is 1. The van der Waals surface area contributed by atoms with Crippen LogP contribution in [-0.4, -0.2) is 40.5 Å². The summed E-state index contributed by atoms with van der Waals surface area (Å²) < 4.78 is 12.3. The summed E-state index contributed by atoms with van der Waals surface area (Å²) in [5, 5.41) is 4.41. The minimum absolute atomic E-state index is 0.0760. The number of rotatable bonds is 6. The van der Waals surface area contributed by atoms with Gasteiger partial charge in [-0.15, -0.1) is 0 Å². The lowest BCUT2D eigenvalue weighted by molar-refractivity contribution is -0.117. The standard InChI is InChI=1S/C23H22ClN3O5/c1-13-9-18(15(3)27(13)21-10-14(2)32-25-21)20(28)12-31-23(30)17-7-6-16(24)11-19(17)26-8-4-5-22(26)29/h6-7,9-11H,4-5,8,12H2,1-3H3. The molecule has 0 saturated carbocycles. The van der Waals surface area contributed by atoms with Crippen molar-refractivity contribution in [1.29, 1.82) is 0 Å². The SMILES string of the molecule is Cc1cc(-n2c(C)cc(C(=O)COC(=O)c3ccc(Cl)cc3N3CCCC3=O)c2C)no1. The minimum atomic E-state index is -0.689. The zero-order chi connectivity index (χ0) is 23.0. The molecular formula is C23H22ClN3O5. The number of aromatic nitrogens is 2. The first-order chi connectivity index (χ1) is 15.3. The monoisotopic (exact) mass is 455 g/mol. The molecule has 1 aliphatic rings. The summed E-state index contributed by atoms with van der Waals surface area (Å²) in [4.78, 5) is 39.3. The molecule has 0 radical (unpaired) electrons. The first kappa shape index (κ1) is 21.8. The van der Waals surface area contributed by atoms with Gasteiger partial charge in [-0.1, -0.05) is 16.8 Å². The first-order valence-corrected chi connectivity index (χ1v) is 10.6. The van der Waals surface area contributed by atoms with Crippen molar-refractivity contribution in [2.45, 2.75) is 33.6 Å². The van der Waals surface area contributed by atoms with Crippen LogP contribution in [0.3, 0.4) is 0 Å². The van der Waals surface area contributed by atoms with Crippen LogP contribution in [0.4, 0.5) is 5.69 Å². The minimum Gasteiger partial charge on any atom is -0.454 e. The van der Waals surface area contributed by atoms with Gasteiger partial charge in [-0.05, 0) is 51.5 Å². The summed E-state index contributed by atoms with van der Waals surface area (Å²) in [5.41, 5.74) is 2.50. The highest BCUT2D eigenvalue weighted by Crippen LogP contribution is 2.29. The van der Waals surface area contributed by atoms with E-state index in [0.717, 1.165) is 5.69 Å². The third-order valence-corrected chi connectivity index (χ3v) is 5.69. The van der Waals surface area contributed by atoms with Gasteiger partial charge in [0.2, 0.25) is 11.7 Å². The number of hydrogen-bond donors (Lipinski definition) is 0. The van der Waals surface area contributed by atoms with Gasteiger partial charge in [0, 0.05) is 41.0 Å². The third kappa shape index (κ3) is 4.05. The van der Waals surface area contributed by atoms with Crippen molar-refractivity contribution in [3.63, 3.8) is 0 Å². The van der Waals surface area contributed by atoms with E-state index in [1.165, 1.54) is 11.0 Å². The molecule has 0 aliphatic carbocycles. The maximum absolute atomic E-state index is 12.8. The van der Waals surface area contributed by atoms with Crippen molar-refractivity contribution >= 4 is 34.9 Å². The number of aryl methyl sites for hydroxylation is 2. The fourth-order valence-corrected chi connectivity index (χ4v) is 4.11. The molecule has 0 N–H and O–H groups in total. The number of carbonyl (C=O) groups is 3. The number of amides is 1. The average molecular weight is 456 g/mol. The predicted octanol–water partition coefficient (Wildman–Crippen LogP) is 4.21. The molecule has 2 aromatic heterocycles. The second-order valence-electron chi connectivity index (χ2n) is 7.73. The van der Waals surface area contributed by atoms with Crippen molar-refractivity contribution in [1.82, 2.24) is 9.72 Å². The topological polar surface area (TPSA) is 94.6 Å². The molecule has 8 nitrogen and oxygen atoms in total. The molecule has 1 aliphatic heterocycles. The third-order valence-electron chi connectivity index (χ3n) is 5.45. The number of nitrogens with zero attached hydrogens (tertiary/aromatic N) is 3. The Hall–Kier alpha value is -3.39. The Bertz CT molecular complexity index is 1230. The molecule has 0 spiro atoms. The van der Waals surface area contributed by atoms with Gasteiger partial charge in [-0.3, -0.25) is 14.2 Å². The molecule has 1 saturated heterocycles. The molecule has 0 unspecified atom stereocenters. The molecule has 3 heterocycles. The molecule has 0 bridgehead atoms. The Kier molecular flexibility index (Phi) is 5.88. The van der Waals surface area contributed by atoms with Crippen molar-refractivity contribution in [2.75, 3.05) is 18.1 Å². The summed E-state index contributed by atoms with van der Waals surface area (Å²) in [5.74, 6) is 0.128. The van der Waals surface area contributed by atoms with E-state index in [4.69, 9.17) is 20.9 Å². The number of ketones is 1. The second kappa shape index (κ2) is 8.63. The summed E-state index contributed by atoms with van der Waals surface area (Å²) in [7, 11) is 0. The van der Waals surface area contributed by atoms with Gasteiger partial charge in [0.1, 0.15) is 5.76 Å². The number of ether oxygens (including phenoxy) is 1. The van der Waals surface area contributed by atoms with E-state index in [2.05, 4.69) is 5.16 Å². The lowest BCUT2D eigenvalue weighted by Gasteiger charge is -2.19. The lowest BCUT2D eigenvalue weighted by atomic mass is 10.1. The van der Waals surface area contributed by atoms with Gasteiger partial charge in [0.05, 0.1) is 11.3 Å². The van der Waals surface area contributed by atoms with Crippen LogP contribution in [-0.2, 0) is 9.53 Å². The van der Waals surface area contributed by atoms with E-state index in [9.17, 15) is 14.4 Å². The molecule has 9 heteroatoms. The lowest BCUT2D eigenvalue weighted by Crippen LogP contribution is -2.26. The van der Waals surface area contributed by atoms with Crippen molar-refractivity contribution < 1.29 is 23.6 Å². The van der Waals surface area contributed by atoms with Crippen LogP contribution in [0.25, 0.3) is 5.82 Å². The summed E-state index contributed by atoms with van der Waals surface area (Å²) >= 11 is 6.08. The van der Waals surface area contributed by atoms with E-state index < -0.39 is 12.6 Å². The van der Waals surface area contributed by atoms with Crippen molar-refractivity contribution in [3.8, 4) is 5.82 Å². The van der Waals surface area contributed by atoms with Crippen LogP contribution in [0.1, 0.15) is 50.7 Å². The Morgan fingerprint density at radius 1 is 1.16 bits per heavy atom. The number of benzene rings is 1. The van der Waals surface area contributed by atoms with Gasteiger partial charge in [-0.25, -0.2) is 4.79 Å². The smallest absolute Gasteiger partial charge is 0.340 e. The number of esters is 1. The van der Waals surface area contributed by atoms with Gasteiger partial charge in [-0.2, -0.15) is 0 Å². The van der Waals surface area contributed by atoms with Crippen LogP contribution >= 0.6 is 11.6 Å². The van der Waals surface area contributed by atoms with Crippen LogP contribution in [0.5, 0.6) is 0 Å². The van der Waals surface area contributed by atoms with E-state index in [1.54, 1.807) is 38.1 Å². The van der Waals surface area contributed by atoms with E-state index in [-0.39, 0.29) is 17.3 Å². The van der Waals surface area contributed by atoms with Crippen LogP contribution < -0.4 is 4.90 Å². The molecular weight excluding hydrogens is 434 g/mol. The average Bonchev–Trinajstić information content (AvgIpc) is 3.44. The Morgan fingerprint density at radius 3 is 2.59 bits per heavy atom. The highest BCUT2D eigenvalue weighted by atomic mass is 35.5. The molecule has 1 amide bonds. The highest BCUT2D eigenvalue weighted by Gasteiger charge is 2.27. The Labute approximate surface area is 189 Å². The van der Waals surface area contributed by atoms with Gasteiger partial charge in [0.25, 0.3) is 0 Å². The molecule has 1 fully saturated rings. The normalized spacial score (nSPS) is 13.6. The molecule has 166 valence electrons. The molecule has 3 aromatic rings. The quantitative estimate of drug-likeness (QED) is 0.408. The highest BCUT2D eigenvalue weighted by molar-refractivity contribution is 6.31. The van der Waals surface area contributed by atoms with Crippen LogP contribution in [0.15, 0.2) is 34.9 Å². The van der Waals surface area contributed by atoms with Crippen LogP contribution in [0, 0.1) is 20.8 Å². The van der Waals surface area contributed by atoms with Crippen LogP contribution in [0.2, 0.25) is 5.02 Å². The maximum Gasteiger partial charge on any atom is 0.340 e. The van der Waals surface area contributed by atoms with Gasteiger partial charge < -0.3 is 14.2 Å². The molecule has 0 atom stereocenters. The summed E-state index contributed by atoms with van der Waals surface area (Å²) in [6.45, 7) is 5.51. The number of halogens is 1. The van der Waals surface area contributed by atoms with E-state index in [1.807, 2.05) is 11.5 Å². The zero-order valence-electron chi connectivity index (χ0n) is 18.0. The molecule has 32 heavy (non-hydrogen) atoms. The maximum atomic E-state index is 12.8. The fraction of sp³-hybridized carbons (Fsp3) is 0.304. The van der Waals surface area contributed by atoms with E-state index in [0.29, 0.717) is 52.9 Å². The van der Waals surface area contributed by atoms with Gasteiger partial charge in [0.15, 0.2) is 12.4 Å². The predicted molar refractivity (Wildman–Crippen MR) is 118 cm³/mol. The number of anilines is 1. The first-order valence-electron chi connectivity index (χ1n) is 10.2. The summed E-state index contributed by atoms with van der Waals surface area (Å²) in [6.07, 6.45) is 1.12. The Balaban J connectivity index is 1.52. The van der Waals surface area contributed by atoms with E-state index >= 15 is 0 Å². The molecule has 1 aromatic carbocycles. The largest absolute Gasteiger partial charge is 0.454 e. The van der Waals surface area contributed by atoms with Crippen molar-refractivity contribution in [2.24, 2.45) is 0 Å². The van der Waals surface area contributed by atoms with Crippen molar-refractivity contribution in [3.05, 3.63) is 63.6 Å². The summed E-state index contributed by atoms with van der Waals surface area (Å²) in [6, 6.07) is 8.13. The fourth-order valence-electron chi connectivity index (χ4n) is 3.95. The molecule has 4 rings (SSSR count). The number of hydrogen-bond acceptors (Lipinski definition) is 6. The second-order valence-corrected chi connectivity index (χ2v) is 8.16.